The highest BCUT2D eigenvalue weighted by atomic mass is 16.1. The summed E-state index contributed by atoms with van der Waals surface area (Å²) in [4.78, 5) is 14.1. The highest BCUT2D eigenvalue weighted by Gasteiger charge is 2.35. The number of fused-ring (bicyclic) bond motifs is 6. The van der Waals surface area contributed by atoms with E-state index in [4.69, 9.17) is 0 Å². The maximum Gasteiger partial charge on any atom is 0.263 e. The summed E-state index contributed by atoms with van der Waals surface area (Å²) in [5.74, 6) is 0. The average molecular weight is 492 g/mol. The quantitative estimate of drug-likeness (QED) is 0.222. The standard InChI is InChI=1S/C36H29NO/c1-22-11-5-6-12-25(22)30-21-31-26-13-7-8-15-29(26)35(38)37(34(31)19-23(30)2)24-17-18-28-27-14-9-10-16-32(27)36(3,4)33(28)20-24/h5-21H,1-4H3. The van der Waals surface area contributed by atoms with Gasteiger partial charge in [0.1, 0.15) is 0 Å². The van der Waals surface area contributed by atoms with Crippen molar-refractivity contribution in [3.8, 4) is 27.9 Å². The van der Waals surface area contributed by atoms with Crippen LogP contribution >= 0.6 is 0 Å². The number of rotatable bonds is 2. The molecule has 0 spiro atoms. The van der Waals surface area contributed by atoms with Crippen molar-refractivity contribution in [3.05, 3.63) is 136 Å². The molecule has 0 unspecified atom stereocenters. The van der Waals surface area contributed by atoms with Gasteiger partial charge in [-0.25, -0.2) is 0 Å². The van der Waals surface area contributed by atoms with E-state index < -0.39 is 0 Å². The fourth-order valence-corrected chi connectivity index (χ4v) is 6.48. The first-order valence-corrected chi connectivity index (χ1v) is 13.2. The first-order chi connectivity index (χ1) is 18.4. The molecule has 0 bridgehead atoms. The molecular weight excluding hydrogens is 462 g/mol. The van der Waals surface area contributed by atoms with Gasteiger partial charge in [-0.3, -0.25) is 9.36 Å². The second-order valence-corrected chi connectivity index (χ2v) is 11.1. The molecule has 1 aliphatic carbocycles. The Hall–Kier alpha value is -4.43. The highest BCUT2D eigenvalue weighted by molar-refractivity contribution is 6.08. The number of hydrogen-bond acceptors (Lipinski definition) is 1. The molecule has 1 heterocycles. The monoisotopic (exact) mass is 491 g/mol. The van der Waals surface area contributed by atoms with Crippen LogP contribution in [0.1, 0.15) is 36.1 Å². The van der Waals surface area contributed by atoms with Crippen LogP contribution in [-0.2, 0) is 5.41 Å². The van der Waals surface area contributed by atoms with Crippen molar-refractivity contribution in [2.75, 3.05) is 0 Å². The number of aryl methyl sites for hydroxylation is 2. The summed E-state index contributed by atoms with van der Waals surface area (Å²) in [7, 11) is 0. The van der Waals surface area contributed by atoms with Crippen LogP contribution in [0.25, 0.3) is 49.6 Å². The molecule has 1 aliphatic rings. The summed E-state index contributed by atoms with van der Waals surface area (Å²) in [6.45, 7) is 8.86. The van der Waals surface area contributed by atoms with E-state index in [0.29, 0.717) is 0 Å². The summed E-state index contributed by atoms with van der Waals surface area (Å²) < 4.78 is 1.92. The molecule has 7 rings (SSSR count). The van der Waals surface area contributed by atoms with Gasteiger partial charge in [0.2, 0.25) is 0 Å². The number of benzene rings is 5. The van der Waals surface area contributed by atoms with Gasteiger partial charge in [-0.1, -0.05) is 86.6 Å². The molecule has 38 heavy (non-hydrogen) atoms. The lowest BCUT2D eigenvalue weighted by Gasteiger charge is -2.23. The van der Waals surface area contributed by atoms with Crippen LogP contribution in [0, 0.1) is 13.8 Å². The maximum atomic E-state index is 14.1. The Morgan fingerprint density at radius 3 is 2.00 bits per heavy atom. The van der Waals surface area contributed by atoms with Crippen LogP contribution in [0.15, 0.2) is 108 Å². The van der Waals surface area contributed by atoms with E-state index in [-0.39, 0.29) is 11.0 Å². The molecule has 1 aromatic heterocycles. The lowest BCUT2D eigenvalue weighted by atomic mass is 9.82. The fourth-order valence-electron chi connectivity index (χ4n) is 6.48. The average Bonchev–Trinajstić information content (AvgIpc) is 3.16. The van der Waals surface area contributed by atoms with Gasteiger partial charge < -0.3 is 0 Å². The molecule has 0 atom stereocenters. The zero-order valence-corrected chi connectivity index (χ0v) is 22.2. The van der Waals surface area contributed by atoms with Gasteiger partial charge in [0.05, 0.1) is 5.52 Å². The van der Waals surface area contributed by atoms with Gasteiger partial charge in [0.15, 0.2) is 0 Å². The van der Waals surface area contributed by atoms with Crippen LogP contribution in [0.4, 0.5) is 0 Å². The smallest absolute Gasteiger partial charge is 0.263 e. The summed E-state index contributed by atoms with van der Waals surface area (Å²) >= 11 is 0. The van der Waals surface area contributed by atoms with Crippen molar-refractivity contribution >= 4 is 21.7 Å². The van der Waals surface area contributed by atoms with E-state index in [1.54, 1.807) is 0 Å². The molecule has 0 saturated heterocycles. The Balaban J connectivity index is 1.56. The van der Waals surface area contributed by atoms with E-state index in [9.17, 15) is 4.79 Å². The van der Waals surface area contributed by atoms with Crippen molar-refractivity contribution < 1.29 is 0 Å². The van der Waals surface area contributed by atoms with Gasteiger partial charge in [0, 0.05) is 21.9 Å². The third kappa shape index (κ3) is 3.10. The summed E-state index contributed by atoms with van der Waals surface area (Å²) in [6.07, 6.45) is 0. The summed E-state index contributed by atoms with van der Waals surface area (Å²) in [5.41, 5.74) is 11.7. The first kappa shape index (κ1) is 22.7. The second-order valence-electron chi connectivity index (χ2n) is 11.1. The van der Waals surface area contributed by atoms with Gasteiger partial charge in [-0.2, -0.15) is 0 Å². The molecule has 2 nitrogen and oxygen atoms in total. The largest absolute Gasteiger partial charge is 0.276 e. The number of pyridine rings is 1. The van der Waals surface area contributed by atoms with Crippen LogP contribution in [0.2, 0.25) is 0 Å². The third-order valence-corrected chi connectivity index (χ3v) is 8.49. The number of hydrogen-bond donors (Lipinski definition) is 0. The van der Waals surface area contributed by atoms with E-state index in [1.807, 2.05) is 22.8 Å². The van der Waals surface area contributed by atoms with Gasteiger partial charge >= 0.3 is 0 Å². The Morgan fingerprint density at radius 1 is 0.553 bits per heavy atom. The summed E-state index contributed by atoms with van der Waals surface area (Å²) in [6, 6.07) is 36.2. The highest BCUT2D eigenvalue weighted by Crippen LogP contribution is 2.49. The first-order valence-electron chi connectivity index (χ1n) is 13.2. The minimum absolute atomic E-state index is 0.0180. The minimum Gasteiger partial charge on any atom is -0.276 e. The van der Waals surface area contributed by atoms with Gasteiger partial charge in [-0.15, -0.1) is 0 Å². The molecule has 0 radical (unpaired) electrons. The molecule has 0 saturated carbocycles. The fraction of sp³-hybridized carbons (Fsp3) is 0.139. The Kier molecular flexibility index (Phi) is 4.81. The summed E-state index contributed by atoms with van der Waals surface area (Å²) in [5, 5.41) is 2.82. The molecule has 5 aromatic carbocycles. The normalized spacial score (nSPS) is 13.6. The third-order valence-electron chi connectivity index (χ3n) is 8.49. The molecule has 0 aliphatic heterocycles. The zero-order chi connectivity index (χ0) is 26.2. The van der Waals surface area contributed by atoms with E-state index >= 15 is 0 Å². The van der Waals surface area contributed by atoms with Crippen LogP contribution in [0.3, 0.4) is 0 Å². The lowest BCUT2D eigenvalue weighted by Crippen LogP contribution is -2.21. The zero-order valence-electron chi connectivity index (χ0n) is 22.2. The van der Waals surface area contributed by atoms with Crippen LogP contribution in [-0.4, -0.2) is 4.57 Å². The number of nitrogens with zero attached hydrogens (tertiary/aromatic N) is 1. The van der Waals surface area contributed by atoms with Crippen LogP contribution < -0.4 is 5.56 Å². The molecule has 0 amide bonds. The Morgan fingerprint density at radius 2 is 1.21 bits per heavy atom. The van der Waals surface area contributed by atoms with E-state index in [1.165, 1.54) is 38.9 Å². The van der Waals surface area contributed by atoms with Gasteiger partial charge in [-0.05, 0) is 94.1 Å². The van der Waals surface area contributed by atoms with E-state index in [2.05, 4.69) is 113 Å². The second kappa shape index (κ2) is 8.03. The molecule has 2 heteroatoms. The van der Waals surface area contributed by atoms with Crippen molar-refractivity contribution in [2.45, 2.75) is 33.1 Å². The van der Waals surface area contributed by atoms with Crippen molar-refractivity contribution in [3.63, 3.8) is 0 Å². The minimum atomic E-state index is -0.133. The van der Waals surface area contributed by atoms with Crippen LogP contribution in [0.5, 0.6) is 0 Å². The number of aromatic nitrogens is 1. The SMILES string of the molecule is Cc1ccccc1-c1cc2c3ccccc3c(=O)n(-c3ccc4c(c3)C(C)(C)c3ccccc3-4)c2cc1C. The van der Waals surface area contributed by atoms with E-state index in [0.717, 1.165) is 32.9 Å². The topological polar surface area (TPSA) is 22.0 Å². The Labute approximate surface area is 222 Å². The lowest BCUT2D eigenvalue weighted by molar-refractivity contribution is 0.659. The van der Waals surface area contributed by atoms with Crippen molar-refractivity contribution in [2.24, 2.45) is 0 Å². The molecule has 6 aromatic rings. The predicted octanol–water partition coefficient (Wildman–Crippen LogP) is 8.73. The molecule has 184 valence electrons. The van der Waals surface area contributed by atoms with Gasteiger partial charge in [0.25, 0.3) is 5.56 Å². The maximum absolute atomic E-state index is 14.1. The van der Waals surface area contributed by atoms with Crippen molar-refractivity contribution in [1.29, 1.82) is 0 Å². The predicted molar refractivity (Wildman–Crippen MR) is 160 cm³/mol. The van der Waals surface area contributed by atoms with Crippen molar-refractivity contribution in [1.82, 2.24) is 4.57 Å². The Bertz CT molecular complexity index is 1990. The molecular formula is C36H29NO. The molecule has 0 N–H and O–H groups in total. The molecule has 0 fully saturated rings.